The maximum Gasteiger partial charge on any atom is 0.262 e. The fraction of sp³-hybridized carbons (Fsp3) is 0.136. The van der Waals surface area contributed by atoms with Gasteiger partial charge in [0.05, 0.1) is 28.8 Å². The first-order valence-corrected chi connectivity index (χ1v) is 11.1. The van der Waals surface area contributed by atoms with Gasteiger partial charge < -0.3 is 10.1 Å². The summed E-state index contributed by atoms with van der Waals surface area (Å²) in [7, 11) is -2.52. The zero-order valence-corrected chi connectivity index (χ0v) is 18.3. The van der Waals surface area contributed by atoms with Crippen LogP contribution >= 0.6 is 11.6 Å². The Morgan fingerprint density at radius 2 is 1.81 bits per heavy atom. The summed E-state index contributed by atoms with van der Waals surface area (Å²) in [6.07, 6.45) is 0. The Bertz CT molecular complexity index is 1220. The molecule has 0 radical (unpaired) electrons. The van der Waals surface area contributed by atoms with Gasteiger partial charge in [-0.15, -0.1) is 0 Å². The van der Waals surface area contributed by atoms with Crippen molar-refractivity contribution < 1.29 is 22.3 Å². The van der Waals surface area contributed by atoms with Crippen molar-refractivity contribution in [2.45, 2.75) is 17.9 Å². The second-order valence-electron chi connectivity index (χ2n) is 6.70. The van der Waals surface area contributed by atoms with Crippen LogP contribution in [0.1, 0.15) is 28.9 Å². The van der Waals surface area contributed by atoms with Gasteiger partial charge >= 0.3 is 0 Å². The zero-order chi connectivity index (χ0) is 22.6. The summed E-state index contributed by atoms with van der Waals surface area (Å²) in [6, 6.07) is 15.9. The van der Waals surface area contributed by atoms with Gasteiger partial charge in [0.1, 0.15) is 11.6 Å². The van der Waals surface area contributed by atoms with Gasteiger partial charge in [-0.1, -0.05) is 35.9 Å². The second-order valence-corrected chi connectivity index (χ2v) is 8.79. The van der Waals surface area contributed by atoms with Crippen LogP contribution in [0.4, 0.5) is 10.1 Å². The zero-order valence-electron chi connectivity index (χ0n) is 16.7. The highest BCUT2D eigenvalue weighted by Crippen LogP contribution is 2.26. The molecule has 0 aliphatic carbocycles. The number of hydrogen-bond acceptors (Lipinski definition) is 4. The van der Waals surface area contributed by atoms with E-state index in [0.717, 1.165) is 0 Å². The highest BCUT2D eigenvalue weighted by atomic mass is 35.5. The van der Waals surface area contributed by atoms with E-state index in [1.807, 2.05) is 0 Å². The summed E-state index contributed by atoms with van der Waals surface area (Å²) >= 11 is 5.80. The molecule has 0 aromatic heterocycles. The molecule has 2 N–H and O–H groups in total. The number of anilines is 1. The number of para-hydroxylation sites is 2. The lowest BCUT2D eigenvalue weighted by Gasteiger charge is -2.16. The molecule has 1 amide bonds. The topological polar surface area (TPSA) is 84.5 Å². The SMILES string of the molecule is COc1ccccc1NS(=O)(=O)c1cccc(C(=O)NC(C)c2ccc(F)c(Cl)c2)c1. The molecular formula is C22H20ClFN2O4S. The van der Waals surface area contributed by atoms with Crippen LogP contribution < -0.4 is 14.8 Å². The first-order valence-electron chi connectivity index (χ1n) is 9.23. The lowest BCUT2D eigenvalue weighted by atomic mass is 10.1. The molecule has 31 heavy (non-hydrogen) atoms. The van der Waals surface area contributed by atoms with E-state index in [0.29, 0.717) is 11.3 Å². The van der Waals surface area contributed by atoms with E-state index in [1.54, 1.807) is 31.2 Å². The molecule has 0 heterocycles. The number of halogens is 2. The summed E-state index contributed by atoms with van der Waals surface area (Å²) in [6.45, 7) is 1.71. The molecule has 0 spiro atoms. The van der Waals surface area contributed by atoms with E-state index in [9.17, 15) is 17.6 Å². The summed E-state index contributed by atoms with van der Waals surface area (Å²) in [5.41, 5.74) is 1.05. The van der Waals surface area contributed by atoms with Crippen LogP contribution in [-0.2, 0) is 10.0 Å². The van der Waals surface area contributed by atoms with Crippen molar-refractivity contribution in [1.29, 1.82) is 0 Å². The van der Waals surface area contributed by atoms with Crippen molar-refractivity contribution in [1.82, 2.24) is 5.32 Å². The molecule has 3 rings (SSSR count). The van der Waals surface area contributed by atoms with Crippen molar-refractivity contribution in [3.8, 4) is 5.75 Å². The van der Waals surface area contributed by atoms with Crippen LogP contribution in [0.25, 0.3) is 0 Å². The van der Waals surface area contributed by atoms with Gasteiger partial charge in [-0.3, -0.25) is 9.52 Å². The number of rotatable bonds is 7. The first kappa shape index (κ1) is 22.6. The molecular weight excluding hydrogens is 443 g/mol. The van der Waals surface area contributed by atoms with E-state index in [2.05, 4.69) is 10.0 Å². The first-order chi connectivity index (χ1) is 14.7. The van der Waals surface area contributed by atoms with E-state index < -0.39 is 27.8 Å². The predicted octanol–water partition coefficient (Wildman–Crippen LogP) is 4.78. The van der Waals surface area contributed by atoms with Crippen LogP contribution in [0, 0.1) is 5.82 Å². The monoisotopic (exact) mass is 462 g/mol. The third kappa shape index (κ3) is 5.34. The second kappa shape index (κ2) is 9.36. The third-order valence-corrected chi connectivity index (χ3v) is 6.20. The highest BCUT2D eigenvalue weighted by molar-refractivity contribution is 7.92. The van der Waals surface area contributed by atoms with Crippen molar-refractivity contribution >= 4 is 33.2 Å². The minimum Gasteiger partial charge on any atom is -0.495 e. The lowest BCUT2D eigenvalue weighted by Crippen LogP contribution is -2.27. The molecule has 6 nitrogen and oxygen atoms in total. The summed E-state index contributed by atoms with van der Waals surface area (Å²) in [5.74, 6) is -0.668. The average Bonchev–Trinajstić information content (AvgIpc) is 2.75. The Morgan fingerprint density at radius 1 is 1.06 bits per heavy atom. The van der Waals surface area contributed by atoms with Crippen LogP contribution in [0.5, 0.6) is 5.75 Å². The fourth-order valence-electron chi connectivity index (χ4n) is 2.88. The number of benzene rings is 3. The van der Waals surface area contributed by atoms with Gasteiger partial charge in [0.25, 0.3) is 15.9 Å². The van der Waals surface area contributed by atoms with Gasteiger partial charge in [-0.05, 0) is 55.0 Å². The Kier molecular flexibility index (Phi) is 6.82. The number of methoxy groups -OCH3 is 1. The maximum absolute atomic E-state index is 13.4. The Morgan fingerprint density at radius 3 is 2.52 bits per heavy atom. The maximum atomic E-state index is 13.4. The largest absolute Gasteiger partial charge is 0.495 e. The number of amides is 1. The standard InChI is InChI=1S/C22H20ClFN2O4S/c1-14(15-10-11-19(24)18(23)13-15)25-22(27)16-6-5-7-17(12-16)31(28,29)26-20-8-3-4-9-21(20)30-2/h3-14,26H,1-2H3,(H,25,27). The molecule has 1 unspecified atom stereocenters. The Balaban J connectivity index is 1.80. The molecule has 0 fully saturated rings. The molecule has 162 valence electrons. The number of sulfonamides is 1. The van der Waals surface area contributed by atoms with Gasteiger partial charge in [0.15, 0.2) is 0 Å². The number of carbonyl (C=O) groups excluding carboxylic acids is 1. The van der Waals surface area contributed by atoms with Gasteiger partial charge in [-0.25, -0.2) is 12.8 Å². The van der Waals surface area contributed by atoms with Crippen LogP contribution in [0.15, 0.2) is 71.6 Å². The van der Waals surface area contributed by atoms with Crippen LogP contribution in [0.3, 0.4) is 0 Å². The van der Waals surface area contributed by atoms with Crippen LogP contribution in [0.2, 0.25) is 5.02 Å². The van der Waals surface area contributed by atoms with Crippen molar-refractivity contribution in [2.24, 2.45) is 0 Å². The van der Waals surface area contributed by atoms with E-state index in [1.165, 1.54) is 49.6 Å². The molecule has 3 aromatic carbocycles. The van der Waals surface area contributed by atoms with Crippen molar-refractivity contribution in [2.75, 3.05) is 11.8 Å². The normalized spacial score (nSPS) is 12.1. The van der Waals surface area contributed by atoms with E-state index in [4.69, 9.17) is 16.3 Å². The number of hydrogen-bond donors (Lipinski definition) is 2. The Hall–Kier alpha value is -3.10. The molecule has 3 aromatic rings. The summed E-state index contributed by atoms with van der Waals surface area (Å²) in [4.78, 5) is 12.6. The van der Waals surface area contributed by atoms with Crippen molar-refractivity contribution in [3.63, 3.8) is 0 Å². The molecule has 0 aliphatic heterocycles. The number of nitrogens with one attached hydrogen (secondary N) is 2. The summed E-state index contributed by atoms with van der Waals surface area (Å²) < 4.78 is 46.6. The smallest absolute Gasteiger partial charge is 0.262 e. The van der Waals surface area contributed by atoms with E-state index >= 15 is 0 Å². The highest BCUT2D eigenvalue weighted by Gasteiger charge is 2.19. The quantitative estimate of drug-likeness (QED) is 0.529. The fourth-order valence-corrected chi connectivity index (χ4v) is 4.19. The Labute approximate surface area is 185 Å². The lowest BCUT2D eigenvalue weighted by molar-refractivity contribution is 0.0939. The predicted molar refractivity (Wildman–Crippen MR) is 118 cm³/mol. The molecule has 0 saturated carbocycles. The van der Waals surface area contributed by atoms with Gasteiger partial charge in [0, 0.05) is 5.56 Å². The number of ether oxygens (including phenoxy) is 1. The van der Waals surface area contributed by atoms with Crippen molar-refractivity contribution in [3.05, 3.63) is 88.7 Å². The molecule has 0 aliphatic rings. The van der Waals surface area contributed by atoms with Gasteiger partial charge in [0.2, 0.25) is 0 Å². The number of carbonyl (C=O) groups is 1. The molecule has 0 bridgehead atoms. The van der Waals surface area contributed by atoms with Crippen LogP contribution in [-0.4, -0.2) is 21.4 Å². The third-order valence-electron chi connectivity index (χ3n) is 4.55. The average molecular weight is 463 g/mol. The van der Waals surface area contributed by atoms with Gasteiger partial charge in [-0.2, -0.15) is 0 Å². The molecule has 1 atom stereocenters. The molecule has 0 saturated heterocycles. The van der Waals surface area contributed by atoms with E-state index in [-0.39, 0.29) is 21.2 Å². The molecule has 9 heteroatoms. The summed E-state index contributed by atoms with van der Waals surface area (Å²) in [5, 5.41) is 2.70. The minimum absolute atomic E-state index is 0.0471. The minimum atomic E-state index is -3.96.